The third-order valence-corrected chi connectivity index (χ3v) is 5.67. The van der Waals surface area contributed by atoms with Gasteiger partial charge in [-0.3, -0.25) is 9.78 Å². The molecular formula is C27H20N2O3. The van der Waals surface area contributed by atoms with Gasteiger partial charge in [-0.25, -0.2) is 4.79 Å². The fraction of sp³-hybridized carbons (Fsp3) is 0.0741. The smallest absolute Gasteiger partial charge is 0.326 e. The number of benzene rings is 4. The standard InChI is InChI=1S/C27H20N2O3/c30-26(25-21-10-4-1-8-18(21)15-19-9-2-5-11-22(19)25)29-24(27(31)32)16-20-14-13-17-7-3-6-12-23(17)28-20/h1-15,24H,16H2,(H,29,30)(H,31,32)/t24-/m1/s1. The van der Waals surface area contributed by atoms with Crippen LogP contribution in [0, 0.1) is 0 Å². The van der Waals surface area contributed by atoms with Crippen molar-refractivity contribution in [1.29, 1.82) is 0 Å². The number of carbonyl (C=O) groups excluding carboxylic acids is 1. The molecule has 0 unspecified atom stereocenters. The van der Waals surface area contributed by atoms with E-state index in [9.17, 15) is 14.7 Å². The molecule has 0 bridgehead atoms. The van der Waals surface area contributed by atoms with Crippen molar-refractivity contribution in [3.05, 3.63) is 102 Å². The first-order valence-corrected chi connectivity index (χ1v) is 10.4. The van der Waals surface area contributed by atoms with Crippen LogP contribution in [0.5, 0.6) is 0 Å². The molecule has 0 radical (unpaired) electrons. The molecule has 1 amide bonds. The molecule has 0 saturated heterocycles. The maximum Gasteiger partial charge on any atom is 0.326 e. The Labute approximate surface area is 184 Å². The number of rotatable bonds is 5. The summed E-state index contributed by atoms with van der Waals surface area (Å²) in [6.45, 7) is 0. The molecule has 0 fully saturated rings. The first kappa shape index (κ1) is 19.7. The number of carboxylic acids is 1. The van der Waals surface area contributed by atoms with Gasteiger partial charge in [-0.2, -0.15) is 0 Å². The molecule has 1 heterocycles. The number of aromatic nitrogens is 1. The summed E-state index contributed by atoms with van der Waals surface area (Å²) in [5.41, 5.74) is 1.89. The van der Waals surface area contributed by atoms with Crippen LogP contribution in [0.25, 0.3) is 32.4 Å². The first-order valence-electron chi connectivity index (χ1n) is 10.4. The number of fused-ring (bicyclic) bond motifs is 3. The lowest BCUT2D eigenvalue weighted by Gasteiger charge is -2.17. The highest BCUT2D eigenvalue weighted by Gasteiger charge is 2.24. The molecule has 5 nitrogen and oxygen atoms in total. The molecular weight excluding hydrogens is 400 g/mol. The number of carbonyl (C=O) groups is 2. The zero-order valence-electron chi connectivity index (χ0n) is 17.2. The number of aliphatic carboxylic acids is 1. The van der Waals surface area contributed by atoms with E-state index in [1.807, 2.05) is 84.9 Å². The van der Waals surface area contributed by atoms with Crippen LogP contribution in [0.4, 0.5) is 0 Å². The summed E-state index contributed by atoms with van der Waals surface area (Å²) in [7, 11) is 0. The Kier molecular flexibility index (Phi) is 5.00. The van der Waals surface area contributed by atoms with Crippen LogP contribution < -0.4 is 5.32 Å². The van der Waals surface area contributed by atoms with Crippen LogP contribution >= 0.6 is 0 Å². The molecule has 5 aromatic rings. The summed E-state index contributed by atoms with van der Waals surface area (Å²) < 4.78 is 0. The number of nitrogens with zero attached hydrogens (tertiary/aromatic N) is 1. The van der Waals surface area contributed by atoms with Crippen molar-refractivity contribution in [2.75, 3.05) is 0 Å². The second-order valence-electron chi connectivity index (χ2n) is 7.76. The van der Waals surface area contributed by atoms with E-state index in [2.05, 4.69) is 10.3 Å². The Balaban J connectivity index is 1.51. The van der Waals surface area contributed by atoms with Gasteiger partial charge in [0.05, 0.1) is 11.1 Å². The third kappa shape index (κ3) is 3.65. The summed E-state index contributed by atoms with van der Waals surface area (Å²) in [4.78, 5) is 30.0. The van der Waals surface area contributed by atoms with Gasteiger partial charge < -0.3 is 10.4 Å². The molecule has 0 aliphatic heterocycles. The average molecular weight is 420 g/mol. The Morgan fingerprint density at radius 1 is 0.781 bits per heavy atom. The Morgan fingerprint density at radius 3 is 2.03 bits per heavy atom. The van der Waals surface area contributed by atoms with Gasteiger partial charge in [0.25, 0.3) is 5.91 Å². The van der Waals surface area contributed by atoms with Gasteiger partial charge in [0.15, 0.2) is 0 Å². The van der Waals surface area contributed by atoms with Crippen LogP contribution in [0.2, 0.25) is 0 Å². The Morgan fingerprint density at radius 2 is 1.38 bits per heavy atom. The zero-order valence-corrected chi connectivity index (χ0v) is 17.2. The van der Waals surface area contributed by atoms with Crippen molar-refractivity contribution in [3.63, 3.8) is 0 Å². The third-order valence-electron chi connectivity index (χ3n) is 5.67. The number of hydrogen-bond donors (Lipinski definition) is 2. The summed E-state index contributed by atoms with van der Waals surface area (Å²) in [5.74, 6) is -1.51. The van der Waals surface area contributed by atoms with Gasteiger partial charge in [-0.05, 0) is 39.7 Å². The molecule has 156 valence electrons. The van der Waals surface area contributed by atoms with Gasteiger partial charge >= 0.3 is 5.97 Å². The fourth-order valence-corrected chi connectivity index (χ4v) is 4.12. The Hall–Kier alpha value is -4.25. The van der Waals surface area contributed by atoms with Crippen molar-refractivity contribution >= 4 is 44.3 Å². The van der Waals surface area contributed by atoms with Crippen LogP contribution in [0.3, 0.4) is 0 Å². The molecule has 32 heavy (non-hydrogen) atoms. The number of nitrogens with one attached hydrogen (secondary N) is 1. The van der Waals surface area contributed by atoms with Gasteiger partial charge in [0, 0.05) is 17.5 Å². The molecule has 5 heteroatoms. The largest absolute Gasteiger partial charge is 0.480 e. The molecule has 5 rings (SSSR count). The molecule has 1 aromatic heterocycles. The van der Waals surface area contributed by atoms with E-state index >= 15 is 0 Å². The molecule has 1 atom stereocenters. The molecule has 0 saturated carbocycles. The molecule has 0 aliphatic carbocycles. The van der Waals surface area contributed by atoms with Crippen molar-refractivity contribution in [2.45, 2.75) is 12.5 Å². The highest BCUT2D eigenvalue weighted by molar-refractivity contribution is 6.18. The van der Waals surface area contributed by atoms with E-state index in [-0.39, 0.29) is 6.42 Å². The monoisotopic (exact) mass is 420 g/mol. The fourth-order valence-electron chi connectivity index (χ4n) is 4.12. The van der Waals surface area contributed by atoms with Gasteiger partial charge in [-0.1, -0.05) is 72.8 Å². The lowest BCUT2D eigenvalue weighted by Crippen LogP contribution is -2.42. The second kappa shape index (κ2) is 8.12. The lowest BCUT2D eigenvalue weighted by molar-refractivity contribution is -0.139. The lowest BCUT2D eigenvalue weighted by atomic mass is 9.96. The van der Waals surface area contributed by atoms with Crippen molar-refractivity contribution in [1.82, 2.24) is 10.3 Å². The summed E-state index contributed by atoms with van der Waals surface area (Å²) in [6.07, 6.45) is 0.0919. The van der Waals surface area contributed by atoms with Gasteiger partial charge in [0.1, 0.15) is 6.04 Å². The summed E-state index contributed by atoms with van der Waals surface area (Å²) >= 11 is 0. The minimum atomic E-state index is -1.10. The van der Waals surface area contributed by atoms with Crippen LogP contribution in [-0.2, 0) is 11.2 Å². The number of carboxylic acid groups (broad SMARTS) is 1. The van der Waals surface area contributed by atoms with E-state index in [1.165, 1.54) is 0 Å². The quantitative estimate of drug-likeness (QED) is 0.394. The molecule has 4 aromatic carbocycles. The minimum absolute atomic E-state index is 0.0919. The van der Waals surface area contributed by atoms with Crippen molar-refractivity contribution in [3.8, 4) is 0 Å². The summed E-state index contributed by atoms with van der Waals surface area (Å²) in [6, 6.07) is 27.6. The second-order valence-corrected chi connectivity index (χ2v) is 7.76. The number of pyridine rings is 1. The minimum Gasteiger partial charge on any atom is -0.480 e. The van der Waals surface area contributed by atoms with Crippen molar-refractivity contribution in [2.24, 2.45) is 0 Å². The molecule has 2 N–H and O–H groups in total. The SMILES string of the molecule is O=C(N[C@H](Cc1ccc2ccccc2n1)C(=O)O)c1c2ccccc2cc2ccccc12. The predicted octanol–water partition coefficient (Wildman–Crippen LogP) is 4.97. The van der Waals surface area contributed by atoms with Crippen LogP contribution in [0.1, 0.15) is 16.1 Å². The topological polar surface area (TPSA) is 79.3 Å². The maximum atomic E-state index is 13.4. The average Bonchev–Trinajstić information content (AvgIpc) is 2.81. The number of amides is 1. The first-order chi connectivity index (χ1) is 15.6. The van der Waals surface area contributed by atoms with Gasteiger partial charge in [0.2, 0.25) is 0 Å². The van der Waals surface area contributed by atoms with Gasteiger partial charge in [-0.15, -0.1) is 0 Å². The number of hydrogen-bond acceptors (Lipinski definition) is 3. The van der Waals surface area contributed by atoms with E-state index in [1.54, 1.807) is 6.07 Å². The van der Waals surface area contributed by atoms with E-state index in [0.717, 1.165) is 32.4 Å². The number of para-hydroxylation sites is 1. The van der Waals surface area contributed by atoms with E-state index in [4.69, 9.17) is 0 Å². The van der Waals surface area contributed by atoms with E-state index < -0.39 is 17.9 Å². The van der Waals surface area contributed by atoms with Crippen LogP contribution in [0.15, 0.2) is 91.0 Å². The zero-order chi connectivity index (χ0) is 22.1. The predicted molar refractivity (Wildman–Crippen MR) is 126 cm³/mol. The van der Waals surface area contributed by atoms with E-state index in [0.29, 0.717) is 11.3 Å². The Bertz CT molecular complexity index is 1440. The highest BCUT2D eigenvalue weighted by atomic mass is 16.4. The van der Waals surface area contributed by atoms with Crippen molar-refractivity contribution < 1.29 is 14.7 Å². The highest BCUT2D eigenvalue weighted by Crippen LogP contribution is 2.28. The summed E-state index contributed by atoms with van der Waals surface area (Å²) in [5, 5.41) is 17.0. The van der Waals surface area contributed by atoms with Crippen LogP contribution in [-0.4, -0.2) is 28.0 Å². The normalized spacial score (nSPS) is 12.1. The maximum absolute atomic E-state index is 13.4. The molecule has 0 spiro atoms. The molecule has 0 aliphatic rings.